The van der Waals surface area contributed by atoms with Crippen LogP contribution in [0.25, 0.3) is 0 Å². The lowest BCUT2D eigenvalue weighted by atomic mass is 10.2. The van der Waals surface area contributed by atoms with Crippen LogP contribution in [0.3, 0.4) is 0 Å². The first-order valence-corrected chi connectivity index (χ1v) is 10.3. The lowest BCUT2D eigenvalue weighted by molar-refractivity contribution is 0.210. The highest BCUT2D eigenvalue weighted by molar-refractivity contribution is 7.67. The molecule has 0 unspecified atom stereocenters. The number of aromatic nitrogens is 1. The van der Waals surface area contributed by atoms with Crippen molar-refractivity contribution in [1.82, 2.24) is 4.98 Å². The molecule has 140 valence electrons. The maximum absolute atomic E-state index is 13.9. The van der Waals surface area contributed by atoms with E-state index in [1.165, 1.54) is 0 Å². The molecule has 0 bridgehead atoms. The largest absolute Gasteiger partial charge is 0.378 e. The molecule has 0 saturated carbocycles. The van der Waals surface area contributed by atoms with E-state index < -0.39 is 13.2 Å². The first kappa shape index (κ1) is 19.3. The second-order valence-corrected chi connectivity index (χ2v) is 8.88. The summed E-state index contributed by atoms with van der Waals surface area (Å²) in [6.45, 7) is 0.149. The molecule has 0 aliphatic heterocycles. The third-order valence-corrected chi connectivity index (χ3v) is 6.79. The zero-order chi connectivity index (χ0) is 19.3. The van der Waals surface area contributed by atoms with Gasteiger partial charge >= 0.3 is 0 Å². The maximum Gasteiger partial charge on any atom is 0.264 e. The quantitative estimate of drug-likeness (QED) is 0.627. The number of rotatable bonds is 7. The molecule has 0 aliphatic rings. The van der Waals surface area contributed by atoms with E-state index in [4.69, 9.17) is 4.52 Å². The number of aliphatic hydroxyl groups excluding tert-OH is 1. The van der Waals surface area contributed by atoms with Gasteiger partial charge in [0.15, 0.2) is 5.85 Å². The Bertz CT molecular complexity index is 900. The molecule has 0 amide bonds. The van der Waals surface area contributed by atoms with E-state index in [9.17, 15) is 9.67 Å². The summed E-state index contributed by atoms with van der Waals surface area (Å²) < 4.78 is 19.8. The highest BCUT2D eigenvalue weighted by Crippen LogP contribution is 2.58. The first-order valence-electron chi connectivity index (χ1n) is 8.65. The van der Waals surface area contributed by atoms with E-state index in [2.05, 4.69) is 4.98 Å². The van der Waals surface area contributed by atoms with Crippen LogP contribution in [0.4, 0.5) is 5.69 Å². The minimum atomic E-state index is -3.59. The van der Waals surface area contributed by atoms with Gasteiger partial charge in [-0.05, 0) is 47.5 Å². The zero-order valence-corrected chi connectivity index (χ0v) is 16.3. The first-order chi connectivity index (χ1) is 13.0. The van der Waals surface area contributed by atoms with Gasteiger partial charge in [0.2, 0.25) is 0 Å². The standard InChI is InChI=1S/C21H23N2O3P/c1-23(2)19-8-10-20(11-9-19)27(25,21(24)18-12-14-22-15-13-18)26-16-17-6-4-3-5-7-17/h3-15,21,24H,16H2,1-2H3/t21-,27+/m0/s1. The Labute approximate surface area is 159 Å². The summed E-state index contributed by atoms with van der Waals surface area (Å²) in [4.78, 5) is 5.92. The Balaban J connectivity index is 1.96. The predicted octanol–water partition coefficient (Wildman–Crippen LogP) is 3.96. The van der Waals surface area contributed by atoms with Crippen molar-refractivity contribution in [3.05, 3.63) is 90.3 Å². The van der Waals surface area contributed by atoms with Crippen molar-refractivity contribution >= 4 is 18.4 Å². The van der Waals surface area contributed by atoms with Crippen molar-refractivity contribution < 1.29 is 14.2 Å². The number of hydrogen-bond acceptors (Lipinski definition) is 5. The van der Waals surface area contributed by atoms with Crippen molar-refractivity contribution in [2.75, 3.05) is 19.0 Å². The molecule has 5 nitrogen and oxygen atoms in total. The van der Waals surface area contributed by atoms with Crippen molar-refractivity contribution in [2.45, 2.75) is 12.5 Å². The fraction of sp³-hybridized carbons (Fsp3) is 0.190. The average molecular weight is 382 g/mol. The molecule has 1 N–H and O–H groups in total. The molecule has 0 fully saturated rings. The van der Waals surface area contributed by atoms with E-state index in [0.717, 1.165) is 11.3 Å². The number of benzene rings is 2. The molecule has 1 heterocycles. The van der Waals surface area contributed by atoms with Crippen LogP contribution in [0.1, 0.15) is 17.0 Å². The highest BCUT2D eigenvalue weighted by atomic mass is 31.2. The molecule has 6 heteroatoms. The van der Waals surface area contributed by atoms with Gasteiger partial charge in [0.1, 0.15) is 0 Å². The van der Waals surface area contributed by atoms with Crippen LogP contribution in [0.15, 0.2) is 79.1 Å². The summed E-state index contributed by atoms with van der Waals surface area (Å²) in [6.07, 6.45) is 3.13. The van der Waals surface area contributed by atoms with E-state index in [1.54, 1.807) is 36.7 Å². The summed E-state index contributed by atoms with van der Waals surface area (Å²) in [5.41, 5.74) is 2.38. The van der Waals surface area contributed by atoms with Crippen LogP contribution in [-0.4, -0.2) is 24.2 Å². The SMILES string of the molecule is CN(C)c1ccc([P@@](=O)(OCc2ccccc2)[C@H](O)c2ccncc2)cc1. The molecular formula is C21H23N2O3P. The van der Waals surface area contributed by atoms with Gasteiger partial charge in [0, 0.05) is 37.5 Å². The minimum Gasteiger partial charge on any atom is -0.378 e. The monoisotopic (exact) mass is 382 g/mol. The molecule has 2 aromatic carbocycles. The van der Waals surface area contributed by atoms with Crippen LogP contribution < -0.4 is 10.2 Å². The van der Waals surface area contributed by atoms with Crippen molar-refractivity contribution in [1.29, 1.82) is 0 Å². The smallest absolute Gasteiger partial charge is 0.264 e. The molecule has 3 rings (SSSR count). The minimum absolute atomic E-state index is 0.149. The molecule has 0 saturated heterocycles. The van der Waals surface area contributed by atoms with E-state index in [0.29, 0.717) is 10.9 Å². The van der Waals surface area contributed by atoms with Crippen molar-refractivity contribution in [2.24, 2.45) is 0 Å². The topological polar surface area (TPSA) is 62.7 Å². The van der Waals surface area contributed by atoms with Crippen LogP contribution in [-0.2, 0) is 15.7 Å². The Kier molecular flexibility index (Phi) is 6.07. The fourth-order valence-corrected chi connectivity index (χ4v) is 4.76. The van der Waals surface area contributed by atoms with Crippen LogP contribution in [0.2, 0.25) is 0 Å². The van der Waals surface area contributed by atoms with Gasteiger partial charge in [-0.1, -0.05) is 30.3 Å². The molecule has 0 aliphatic carbocycles. The van der Waals surface area contributed by atoms with Crippen LogP contribution in [0, 0.1) is 0 Å². The Hall–Kier alpha value is -2.46. The molecular weight excluding hydrogens is 359 g/mol. The number of anilines is 1. The molecule has 27 heavy (non-hydrogen) atoms. The van der Waals surface area contributed by atoms with Crippen molar-refractivity contribution in [3.63, 3.8) is 0 Å². The summed E-state index contributed by atoms with van der Waals surface area (Å²) >= 11 is 0. The molecule has 0 spiro atoms. The van der Waals surface area contributed by atoms with E-state index in [-0.39, 0.29) is 6.61 Å². The number of nitrogens with zero attached hydrogens (tertiary/aromatic N) is 2. The van der Waals surface area contributed by atoms with Crippen molar-refractivity contribution in [3.8, 4) is 0 Å². The average Bonchev–Trinajstić information content (AvgIpc) is 2.73. The van der Waals surface area contributed by atoms with E-state index >= 15 is 0 Å². The lowest BCUT2D eigenvalue weighted by Crippen LogP contribution is -2.16. The number of pyridine rings is 1. The van der Waals surface area contributed by atoms with Gasteiger partial charge in [-0.25, -0.2) is 0 Å². The number of aliphatic hydroxyl groups is 1. The Morgan fingerprint density at radius 2 is 1.63 bits per heavy atom. The molecule has 1 aromatic heterocycles. The van der Waals surface area contributed by atoms with Crippen LogP contribution >= 0.6 is 7.37 Å². The normalized spacial score (nSPS) is 14.3. The van der Waals surface area contributed by atoms with Gasteiger partial charge in [-0.3, -0.25) is 9.55 Å². The third-order valence-electron chi connectivity index (χ3n) is 4.32. The maximum atomic E-state index is 13.9. The zero-order valence-electron chi connectivity index (χ0n) is 15.4. The summed E-state index contributed by atoms with van der Waals surface area (Å²) in [7, 11) is 0.283. The van der Waals surface area contributed by atoms with Gasteiger partial charge < -0.3 is 14.5 Å². The van der Waals surface area contributed by atoms with Gasteiger partial charge in [-0.2, -0.15) is 0 Å². The summed E-state index contributed by atoms with van der Waals surface area (Å²) in [6, 6.07) is 20.1. The highest BCUT2D eigenvalue weighted by Gasteiger charge is 2.36. The molecule has 3 aromatic rings. The Morgan fingerprint density at radius 3 is 2.22 bits per heavy atom. The van der Waals surface area contributed by atoms with Crippen LogP contribution in [0.5, 0.6) is 0 Å². The van der Waals surface area contributed by atoms with Gasteiger partial charge in [-0.15, -0.1) is 0 Å². The lowest BCUT2D eigenvalue weighted by Gasteiger charge is -2.25. The van der Waals surface area contributed by atoms with E-state index in [1.807, 2.05) is 61.5 Å². The van der Waals surface area contributed by atoms with Gasteiger partial charge in [0.25, 0.3) is 7.37 Å². The summed E-state index contributed by atoms with van der Waals surface area (Å²) in [5.74, 6) is -1.27. The predicted molar refractivity (Wildman–Crippen MR) is 108 cm³/mol. The second-order valence-electron chi connectivity index (χ2n) is 6.42. The second kappa shape index (κ2) is 8.49. The number of hydrogen-bond donors (Lipinski definition) is 1. The molecule has 0 radical (unpaired) electrons. The Morgan fingerprint density at radius 1 is 1.00 bits per heavy atom. The fourth-order valence-electron chi connectivity index (χ4n) is 2.72. The third kappa shape index (κ3) is 4.45. The molecule has 2 atom stereocenters. The summed E-state index contributed by atoms with van der Waals surface area (Å²) in [5, 5.41) is 11.4. The van der Waals surface area contributed by atoms with Gasteiger partial charge in [0.05, 0.1) is 6.61 Å².